The summed E-state index contributed by atoms with van der Waals surface area (Å²) in [6, 6.07) is 7.43. The Balaban J connectivity index is 2.68. The number of aliphatic carboxylic acids is 1. The second-order valence-corrected chi connectivity index (χ2v) is 3.88. The lowest BCUT2D eigenvalue weighted by Crippen LogP contribution is -1.92. The van der Waals surface area contributed by atoms with Crippen molar-refractivity contribution in [2.75, 3.05) is 7.11 Å². The maximum Gasteiger partial charge on any atom is 0.328 e. The van der Waals surface area contributed by atoms with Crippen LogP contribution in [0.25, 0.3) is 17.0 Å². The summed E-state index contributed by atoms with van der Waals surface area (Å²) in [4.78, 5) is 15.0. The number of aryl methyl sites for hydroxylation is 1. The maximum atomic E-state index is 10.6. The summed E-state index contributed by atoms with van der Waals surface area (Å²) in [7, 11) is 1.61. The number of carbonyl (C=O) groups is 1. The highest BCUT2D eigenvalue weighted by Crippen LogP contribution is 2.27. The Hall–Kier alpha value is -2.36. The van der Waals surface area contributed by atoms with E-state index in [-0.39, 0.29) is 0 Å². The fourth-order valence-electron chi connectivity index (χ4n) is 1.83. The van der Waals surface area contributed by atoms with Crippen LogP contribution in [0.4, 0.5) is 0 Å². The van der Waals surface area contributed by atoms with Crippen LogP contribution in [-0.2, 0) is 4.79 Å². The van der Waals surface area contributed by atoms with Crippen molar-refractivity contribution in [2.24, 2.45) is 0 Å². The molecule has 0 saturated heterocycles. The molecule has 0 aliphatic heterocycles. The van der Waals surface area contributed by atoms with E-state index in [9.17, 15) is 4.79 Å². The quantitative estimate of drug-likeness (QED) is 0.842. The molecule has 18 heavy (non-hydrogen) atoms. The van der Waals surface area contributed by atoms with Gasteiger partial charge in [-0.05, 0) is 19.1 Å². The molecule has 0 aliphatic rings. The molecule has 0 fully saturated rings. The Morgan fingerprint density at radius 1 is 1.44 bits per heavy atom. The van der Waals surface area contributed by atoms with Gasteiger partial charge in [0.1, 0.15) is 5.75 Å². The fourth-order valence-corrected chi connectivity index (χ4v) is 1.83. The number of ether oxygens (including phenoxy) is 1. The monoisotopic (exact) mass is 243 g/mol. The molecule has 0 radical (unpaired) electrons. The number of methoxy groups -OCH3 is 1. The van der Waals surface area contributed by atoms with E-state index in [1.165, 1.54) is 6.08 Å². The van der Waals surface area contributed by atoms with Crippen molar-refractivity contribution >= 4 is 22.9 Å². The van der Waals surface area contributed by atoms with Gasteiger partial charge in [0, 0.05) is 28.8 Å². The molecule has 0 aliphatic carbocycles. The minimum absolute atomic E-state index is 0.739. The zero-order chi connectivity index (χ0) is 13.1. The SMILES string of the molecule is COc1cc(C)nc2c(/C=C/C(=O)O)cccc12. The number of carboxylic acids is 1. The standard InChI is InChI=1S/C14H13NO3/c1-9-8-12(18-2)11-5-3-4-10(14(11)15-9)6-7-13(16)17/h3-8H,1-2H3,(H,16,17)/b7-6+. The topological polar surface area (TPSA) is 59.4 Å². The van der Waals surface area contributed by atoms with Crippen molar-refractivity contribution in [3.63, 3.8) is 0 Å². The highest BCUT2D eigenvalue weighted by molar-refractivity contribution is 5.94. The Morgan fingerprint density at radius 3 is 2.89 bits per heavy atom. The molecule has 2 rings (SSSR count). The molecule has 4 nitrogen and oxygen atoms in total. The van der Waals surface area contributed by atoms with Crippen LogP contribution >= 0.6 is 0 Å². The van der Waals surface area contributed by atoms with Gasteiger partial charge < -0.3 is 9.84 Å². The third-order valence-corrected chi connectivity index (χ3v) is 2.59. The van der Waals surface area contributed by atoms with Crippen LogP contribution in [0.5, 0.6) is 5.75 Å². The lowest BCUT2D eigenvalue weighted by atomic mass is 10.1. The molecule has 1 N–H and O–H groups in total. The number of rotatable bonds is 3. The first-order valence-electron chi connectivity index (χ1n) is 5.47. The molecule has 0 amide bonds. The first kappa shape index (κ1) is 12.1. The summed E-state index contributed by atoms with van der Waals surface area (Å²) in [5.41, 5.74) is 2.33. The lowest BCUT2D eigenvalue weighted by Gasteiger charge is -2.08. The van der Waals surface area contributed by atoms with Gasteiger partial charge in [-0.1, -0.05) is 12.1 Å². The Kier molecular flexibility index (Phi) is 3.28. The molecular formula is C14H13NO3. The molecule has 0 unspecified atom stereocenters. The van der Waals surface area contributed by atoms with Crippen LogP contribution < -0.4 is 4.74 Å². The van der Waals surface area contributed by atoms with E-state index in [1.54, 1.807) is 7.11 Å². The molecule has 0 atom stereocenters. The largest absolute Gasteiger partial charge is 0.496 e. The van der Waals surface area contributed by atoms with Crippen LogP contribution in [-0.4, -0.2) is 23.2 Å². The van der Waals surface area contributed by atoms with Crippen molar-refractivity contribution in [1.82, 2.24) is 4.98 Å². The van der Waals surface area contributed by atoms with Crippen molar-refractivity contribution in [3.05, 3.63) is 41.6 Å². The fraction of sp³-hybridized carbons (Fsp3) is 0.143. The van der Waals surface area contributed by atoms with Crippen LogP contribution in [0.3, 0.4) is 0 Å². The summed E-state index contributed by atoms with van der Waals surface area (Å²) in [6.45, 7) is 1.87. The normalized spacial score (nSPS) is 11.0. The number of pyridine rings is 1. The number of aromatic nitrogens is 1. The van der Waals surface area contributed by atoms with E-state index in [1.807, 2.05) is 31.2 Å². The number of carboxylic acid groups (broad SMARTS) is 1. The second kappa shape index (κ2) is 4.87. The molecule has 0 saturated carbocycles. The third-order valence-electron chi connectivity index (χ3n) is 2.59. The average molecular weight is 243 g/mol. The summed E-state index contributed by atoms with van der Waals surface area (Å²) in [5.74, 6) is -0.241. The molecule has 1 aromatic carbocycles. The summed E-state index contributed by atoms with van der Waals surface area (Å²) >= 11 is 0. The molecule has 92 valence electrons. The van der Waals surface area contributed by atoms with Crippen molar-refractivity contribution in [1.29, 1.82) is 0 Å². The predicted molar refractivity (Wildman–Crippen MR) is 69.7 cm³/mol. The number of nitrogens with zero attached hydrogens (tertiary/aromatic N) is 1. The molecule has 1 heterocycles. The third kappa shape index (κ3) is 2.32. The van der Waals surface area contributed by atoms with E-state index in [2.05, 4.69) is 4.98 Å². The Labute approximate surface area is 105 Å². The van der Waals surface area contributed by atoms with Gasteiger partial charge in [-0.15, -0.1) is 0 Å². The van der Waals surface area contributed by atoms with E-state index >= 15 is 0 Å². The zero-order valence-electron chi connectivity index (χ0n) is 10.2. The first-order valence-corrected chi connectivity index (χ1v) is 5.47. The number of benzene rings is 1. The van der Waals surface area contributed by atoms with Gasteiger partial charge in [-0.25, -0.2) is 4.79 Å². The average Bonchev–Trinajstić information content (AvgIpc) is 2.35. The highest BCUT2D eigenvalue weighted by atomic mass is 16.5. The summed E-state index contributed by atoms with van der Waals surface area (Å²) in [5, 5.41) is 9.54. The van der Waals surface area contributed by atoms with Crippen LogP contribution in [0.2, 0.25) is 0 Å². The van der Waals surface area contributed by atoms with E-state index in [0.29, 0.717) is 0 Å². The smallest absolute Gasteiger partial charge is 0.328 e. The minimum Gasteiger partial charge on any atom is -0.496 e. The molecule has 2 aromatic rings. The van der Waals surface area contributed by atoms with Gasteiger partial charge >= 0.3 is 5.97 Å². The van der Waals surface area contributed by atoms with Crippen molar-refractivity contribution < 1.29 is 14.6 Å². The van der Waals surface area contributed by atoms with Gasteiger partial charge in [-0.3, -0.25) is 4.98 Å². The van der Waals surface area contributed by atoms with E-state index in [0.717, 1.165) is 34.0 Å². The van der Waals surface area contributed by atoms with Crippen LogP contribution in [0, 0.1) is 6.92 Å². The van der Waals surface area contributed by atoms with Gasteiger partial charge in [0.25, 0.3) is 0 Å². The van der Waals surface area contributed by atoms with Crippen LogP contribution in [0.15, 0.2) is 30.3 Å². The van der Waals surface area contributed by atoms with Crippen LogP contribution in [0.1, 0.15) is 11.3 Å². The number of hydrogen-bond acceptors (Lipinski definition) is 3. The van der Waals surface area contributed by atoms with Gasteiger partial charge in [0.2, 0.25) is 0 Å². The molecule has 0 bridgehead atoms. The van der Waals surface area contributed by atoms with Gasteiger partial charge in [0.15, 0.2) is 0 Å². The Morgan fingerprint density at radius 2 is 2.22 bits per heavy atom. The molecule has 0 spiro atoms. The van der Waals surface area contributed by atoms with Crippen molar-refractivity contribution in [3.8, 4) is 5.75 Å². The first-order chi connectivity index (χ1) is 8.61. The lowest BCUT2D eigenvalue weighted by molar-refractivity contribution is -0.131. The number of hydrogen-bond donors (Lipinski definition) is 1. The molecular weight excluding hydrogens is 230 g/mol. The second-order valence-electron chi connectivity index (χ2n) is 3.88. The number of fused-ring (bicyclic) bond motifs is 1. The molecule has 4 heteroatoms. The van der Waals surface area contributed by atoms with E-state index < -0.39 is 5.97 Å². The minimum atomic E-state index is -0.980. The summed E-state index contributed by atoms with van der Waals surface area (Å²) in [6.07, 6.45) is 2.64. The number of para-hydroxylation sites is 1. The molecule has 1 aromatic heterocycles. The van der Waals surface area contributed by atoms with Gasteiger partial charge in [-0.2, -0.15) is 0 Å². The summed E-state index contributed by atoms with van der Waals surface area (Å²) < 4.78 is 5.31. The van der Waals surface area contributed by atoms with Gasteiger partial charge in [0.05, 0.1) is 12.6 Å². The Bertz CT molecular complexity index is 632. The van der Waals surface area contributed by atoms with Crippen molar-refractivity contribution in [2.45, 2.75) is 6.92 Å². The maximum absolute atomic E-state index is 10.6. The highest BCUT2D eigenvalue weighted by Gasteiger charge is 2.06. The zero-order valence-corrected chi connectivity index (χ0v) is 10.2. The predicted octanol–water partition coefficient (Wildman–Crippen LogP) is 2.65. The van der Waals surface area contributed by atoms with E-state index in [4.69, 9.17) is 9.84 Å².